The van der Waals surface area contributed by atoms with Crippen LogP contribution in [-0.2, 0) is 17.7 Å². The van der Waals surface area contributed by atoms with E-state index in [0.29, 0.717) is 23.1 Å². The van der Waals surface area contributed by atoms with Gasteiger partial charge in [-0.25, -0.2) is 4.98 Å². The number of aromatic amines is 1. The monoisotopic (exact) mass is 313 g/mol. The Morgan fingerprint density at radius 2 is 2.05 bits per heavy atom. The molecule has 0 spiro atoms. The first kappa shape index (κ1) is 15.3. The van der Waals surface area contributed by atoms with Gasteiger partial charge >= 0.3 is 0 Å². The van der Waals surface area contributed by atoms with Crippen LogP contribution in [0.5, 0.6) is 0 Å². The number of rotatable bonds is 7. The number of imidazole rings is 1. The minimum absolute atomic E-state index is 0.594. The molecule has 0 aliphatic heterocycles. The van der Waals surface area contributed by atoms with Crippen molar-refractivity contribution in [2.75, 3.05) is 20.3 Å². The smallest absolute Gasteiger partial charge is 0.110 e. The van der Waals surface area contributed by atoms with Crippen LogP contribution in [0.15, 0.2) is 24.4 Å². The summed E-state index contributed by atoms with van der Waals surface area (Å²) in [5.41, 5.74) is 1.92. The van der Waals surface area contributed by atoms with E-state index in [1.54, 1.807) is 7.11 Å². The van der Waals surface area contributed by atoms with Crippen molar-refractivity contribution in [3.8, 4) is 0 Å². The van der Waals surface area contributed by atoms with Gasteiger partial charge in [0.2, 0.25) is 0 Å². The molecule has 2 N–H and O–H groups in total. The van der Waals surface area contributed by atoms with Crippen LogP contribution in [0.2, 0.25) is 10.0 Å². The third-order valence-corrected chi connectivity index (χ3v) is 3.59. The first-order valence-electron chi connectivity index (χ1n) is 6.36. The average Bonchev–Trinajstić information content (AvgIpc) is 2.87. The van der Waals surface area contributed by atoms with Crippen LogP contribution in [0.1, 0.15) is 17.1 Å². The number of ether oxygens (including phenoxy) is 1. The van der Waals surface area contributed by atoms with Crippen molar-refractivity contribution in [2.45, 2.75) is 13.0 Å². The Morgan fingerprint density at radius 3 is 2.75 bits per heavy atom. The molecule has 0 saturated carbocycles. The summed E-state index contributed by atoms with van der Waals surface area (Å²) in [7, 11) is 1.68. The predicted molar refractivity (Wildman–Crippen MR) is 81.4 cm³/mol. The molecule has 0 aliphatic rings. The quantitative estimate of drug-likeness (QED) is 0.772. The first-order valence-corrected chi connectivity index (χ1v) is 7.11. The lowest BCUT2D eigenvalue weighted by molar-refractivity contribution is 0.199. The molecule has 0 atom stereocenters. The van der Waals surface area contributed by atoms with Gasteiger partial charge in [0.1, 0.15) is 5.82 Å². The van der Waals surface area contributed by atoms with E-state index in [1.165, 1.54) is 0 Å². The Balaban J connectivity index is 1.96. The zero-order valence-electron chi connectivity index (χ0n) is 11.2. The highest BCUT2D eigenvalue weighted by molar-refractivity contribution is 6.36. The van der Waals surface area contributed by atoms with E-state index in [1.807, 2.05) is 24.4 Å². The minimum Gasteiger partial charge on any atom is -0.383 e. The number of hydrogen-bond acceptors (Lipinski definition) is 3. The summed E-state index contributed by atoms with van der Waals surface area (Å²) in [4.78, 5) is 7.61. The zero-order valence-corrected chi connectivity index (χ0v) is 12.8. The first-order chi connectivity index (χ1) is 9.70. The number of hydrogen-bond donors (Lipinski definition) is 2. The molecular weight excluding hydrogens is 297 g/mol. The molecule has 0 radical (unpaired) electrons. The third-order valence-electron chi connectivity index (χ3n) is 2.89. The molecule has 1 heterocycles. The molecule has 108 valence electrons. The van der Waals surface area contributed by atoms with E-state index in [4.69, 9.17) is 27.9 Å². The van der Waals surface area contributed by atoms with Crippen molar-refractivity contribution in [1.29, 1.82) is 0 Å². The Hall–Kier alpha value is -1.07. The van der Waals surface area contributed by atoms with Crippen molar-refractivity contribution < 1.29 is 4.74 Å². The number of methoxy groups -OCH3 is 1. The fourth-order valence-electron chi connectivity index (χ4n) is 1.85. The van der Waals surface area contributed by atoms with E-state index in [0.717, 1.165) is 30.2 Å². The summed E-state index contributed by atoms with van der Waals surface area (Å²) >= 11 is 12.3. The topological polar surface area (TPSA) is 49.9 Å². The molecule has 2 aromatic rings. The van der Waals surface area contributed by atoms with E-state index in [-0.39, 0.29) is 0 Å². The molecule has 6 heteroatoms. The van der Waals surface area contributed by atoms with Crippen LogP contribution in [0.3, 0.4) is 0 Å². The standard InChI is InChI=1S/C14H17Cl2N3O/c1-20-6-5-17-8-10-9-18-14(19-10)7-11-12(15)3-2-4-13(11)16/h2-4,9,17H,5-8H2,1H3,(H,18,19). The lowest BCUT2D eigenvalue weighted by Crippen LogP contribution is -2.18. The number of H-pyrrole nitrogens is 1. The molecule has 20 heavy (non-hydrogen) atoms. The lowest BCUT2D eigenvalue weighted by atomic mass is 10.1. The molecule has 0 amide bonds. The summed E-state index contributed by atoms with van der Waals surface area (Å²) in [5.74, 6) is 0.851. The van der Waals surface area contributed by atoms with Crippen LogP contribution < -0.4 is 5.32 Å². The van der Waals surface area contributed by atoms with Gasteiger partial charge in [0, 0.05) is 48.6 Å². The number of nitrogens with zero attached hydrogens (tertiary/aromatic N) is 1. The average molecular weight is 314 g/mol. The maximum atomic E-state index is 6.15. The Labute approximate surface area is 128 Å². The van der Waals surface area contributed by atoms with Crippen LogP contribution in [0.4, 0.5) is 0 Å². The van der Waals surface area contributed by atoms with Crippen LogP contribution >= 0.6 is 23.2 Å². The number of benzene rings is 1. The van der Waals surface area contributed by atoms with E-state index < -0.39 is 0 Å². The van der Waals surface area contributed by atoms with Crippen molar-refractivity contribution >= 4 is 23.2 Å². The SMILES string of the molecule is COCCNCc1cnc(Cc2c(Cl)cccc2Cl)[nH]1. The van der Waals surface area contributed by atoms with Crippen LogP contribution in [-0.4, -0.2) is 30.2 Å². The van der Waals surface area contributed by atoms with E-state index in [2.05, 4.69) is 15.3 Å². The minimum atomic E-state index is 0.594. The molecule has 1 aromatic heterocycles. The third kappa shape index (κ3) is 4.21. The summed E-state index contributed by atoms with van der Waals surface area (Å²) < 4.78 is 4.97. The Bertz CT molecular complexity index is 537. The highest BCUT2D eigenvalue weighted by atomic mass is 35.5. The molecule has 0 unspecified atom stereocenters. The number of aromatic nitrogens is 2. The summed E-state index contributed by atoms with van der Waals surface area (Å²) in [6.07, 6.45) is 2.41. The molecule has 0 bridgehead atoms. The van der Waals surface area contributed by atoms with Crippen molar-refractivity contribution in [3.05, 3.63) is 51.5 Å². The van der Waals surface area contributed by atoms with Crippen molar-refractivity contribution in [3.63, 3.8) is 0 Å². The molecule has 2 rings (SSSR count). The molecule has 1 aromatic carbocycles. The molecular formula is C14H17Cl2N3O. The molecule has 0 aliphatic carbocycles. The zero-order chi connectivity index (χ0) is 14.4. The van der Waals surface area contributed by atoms with Gasteiger partial charge in [-0.1, -0.05) is 29.3 Å². The number of halogens is 2. The Morgan fingerprint density at radius 1 is 1.30 bits per heavy atom. The fraction of sp³-hybridized carbons (Fsp3) is 0.357. The van der Waals surface area contributed by atoms with Gasteiger partial charge in [-0.15, -0.1) is 0 Å². The van der Waals surface area contributed by atoms with Gasteiger partial charge in [0.25, 0.3) is 0 Å². The molecule has 0 fully saturated rings. The normalized spacial score (nSPS) is 10.9. The maximum absolute atomic E-state index is 6.15. The maximum Gasteiger partial charge on any atom is 0.110 e. The second kappa shape index (κ2) is 7.64. The van der Waals surface area contributed by atoms with Gasteiger partial charge in [0.05, 0.1) is 6.61 Å². The second-order valence-corrected chi connectivity index (χ2v) is 5.22. The van der Waals surface area contributed by atoms with Crippen molar-refractivity contribution in [2.24, 2.45) is 0 Å². The highest BCUT2D eigenvalue weighted by Crippen LogP contribution is 2.26. The largest absolute Gasteiger partial charge is 0.383 e. The van der Waals surface area contributed by atoms with Gasteiger partial charge in [-0.3, -0.25) is 0 Å². The van der Waals surface area contributed by atoms with E-state index in [9.17, 15) is 0 Å². The summed E-state index contributed by atoms with van der Waals surface area (Å²) in [5, 5.41) is 4.58. The van der Waals surface area contributed by atoms with Crippen molar-refractivity contribution in [1.82, 2.24) is 15.3 Å². The second-order valence-electron chi connectivity index (χ2n) is 4.40. The Kier molecular flexibility index (Phi) is 5.86. The molecule has 0 saturated heterocycles. The number of nitrogens with one attached hydrogen (secondary N) is 2. The summed E-state index contributed by atoms with van der Waals surface area (Å²) in [6, 6.07) is 5.50. The molecule has 4 nitrogen and oxygen atoms in total. The van der Waals surface area contributed by atoms with Gasteiger partial charge in [-0.05, 0) is 17.7 Å². The van der Waals surface area contributed by atoms with Gasteiger partial charge in [0.15, 0.2) is 0 Å². The van der Waals surface area contributed by atoms with Crippen LogP contribution in [0.25, 0.3) is 0 Å². The predicted octanol–water partition coefficient (Wildman–Crippen LogP) is 3.04. The van der Waals surface area contributed by atoms with E-state index >= 15 is 0 Å². The lowest BCUT2D eigenvalue weighted by Gasteiger charge is -2.05. The van der Waals surface area contributed by atoms with Crippen LogP contribution in [0, 0.1) is 0 Å². The highest BCUT2D eigenvalue weighted by Gasteiger charge is 2.09. The summed E-state index contributed by atoms with van der Waals surface area (Å²) in [6.45, 7) is 2.23. The van der Waals surface area contributed by atoms with Gasteiger partial charge < -0.3 is 15.0 Å². The van der Waals surface area contributed by atoms with Gasteiger partial charge in [-0.2, -0.15) is 0 Å². The fourth-order valence-corrected chi connectivity index (χ4v) is 2.38.